The lowest BCUT2D eigenvalue weighted by atomic mass is 9.97. The summed E-state index contributed by atoms with van der Waals surface area (Å²) >= 11 is 0. The van der Waals surface area contributed by atoms with Gasteiger partial charge in [0.15, 0.2) is 0 Å². The minimum absolute atomic E-state index is 0.247. The van der Waals surface area contributed by atoms with E-state index in [1.807, 2.05) is 39.8 Å². The van der Waals surface area contributed by atoms with Crippen molar-refractivity contribution in [1.29, 1.82) is 0 Å². The molecule has 2 aromatic rings. The number of esters is 1. The lowest BCUT2D eigenvalue weighted by Gasteiger charge is -2.23. The highest BCUT2D eigenvalue weighted by Crippen LogP contribution is 2.39. The summed E-state index contributed by atoms with van der Waals surface area (Å²) in [5.41, 5.74) is 2.26. The van der Waals surface area contributed by atoms with Crippen LogP contribution in [0.3, 0.4) is 0 Å². The zero-order valence-corrected chi connectivity index (χ0v) is 15.1. The fraction of sp³-hybridized carbons (Fsp3) is 0.368. The van der Waals surface area contributed by atoms with Crippen molar-refractivity contribution in [3.8, 4) is 0 Å². The molecule has 1 unspecified atom stereocenters. The molecule has 2 heterocycles. The largest absolute Gasteiger partial charge is 0.451 e. The Kier molecular flexibility index (Phi) is 4.14. The molecule has 0 fully saturated rings. The maximum atomic E-state index is 13.8. The highest BCUT2D eigenvalue weighted by Gasteiger charge is 2.40. The van der Waals surface area contributed by atoms with E-state index < -0.39 is 11.6 Å². The summed E-state index contributed by atoms with van der Waals surface area (Å²) < 4.78 is 19.2. The van der Waals surface area contributed by atoms with Crippen LogP contribution in [0.4, 0.5) is 15.9 Å². The van der Waals surface area contributed by atoms with Gasteiger partial charge in [-0.2, -0.15) is 0 Å². The first-order valence-corrected chi connectivity index (χ1v) is 8.17. The summed E-state index contributed by atoms with van der Waals surface area (Å²) in [6.45, 7) is 5.61. The molecule has 0 saturated heterocycles. The van der Waals surface area contributed by atoms with Crippen LogP contribution in [0, 0.1) is 5.82 Å². The Morgan fingerprint density at radius 1 is 1.28 bits per heavy atom. The Labute approximate surface area is 146 Å². The van der Waals surface area contributed by atoms with Gasteiger partial charge in [-0.05, 0) is 45.0 Å². The van der Waals surface area contributed by atoms with Crippen LogP contribution < -0.4 is 10.2 Å². The summed E-state index contributed by atoms with van der Waals surface area (Å²) in [5, 5.41) is 3.24. The lowest BCUT2D eigenvalue weighted by molar-refractivity contribution is 0.00958. The molecule has 1 aliphatic rings. The number of benzene rings is 1. The number of ether oxygens (including phenoxy) is 1. The van der Waals surface area contributed by atoms with Gasteiger partial charge >= 0.3 is 5.97 Å². The number of halogens is 1. The molecule has 1 aliphatic heterocycles. The van der Waals surface area contributed by atoms with Crippen molar-refractivity contribution >= 4 is 17.5 Å². The average molecular weight is 343 g/mol. The molecule has 0 aliphatic carbocycles. The van der Waals surface area contributed by atoms with E-state index >= 15 is 0 Å². The number of hydrogen-bond acceptors (Lipinski definition) is 5. The first kappa shape index (κ1) is 17.2. The number of hydrogen-bond donors (Lipinski definition) is 1. The van der Waals surface area contributed by atoms with E-state index in [0.717, 1.165) is 16.8 Å². The van der Waals surface area contributed by atoms with Gasteiger partial charge in [0.1, 0.15) is 22.8 Å². The second-order valence-electron chi connectivity index (χ2n) is 6.95. The number of cyclic esters (lactones) is 1. The molecule has 0 bridgehead atoms. The van der Waals surface area contributed by atoms with Gasteiger partial charge < -0.3 is 15.0 Å². The van der Waals surface area contributed by atoms with Gasteiger partial charge in [-0.15, -0.1) is 0 Å². The number of aromatic nitrogens is 1. The van der Waals surface area contributed by atoms with Crippen molar-refractivity contribution in [2.24, 2.45) is 0 Å². The molecule has 6 heteroatoms. The van der Waals surface area contributed by atoms with Crippen LogP contribution in [0.15, 0.2) is 30.5 Å². The second-order valence-corrected chi connectivity index (χ2v) is 6.95. The molecular formula is C19H22FN3O2. The molecule has 25 heavy (non-hydrogen) atoms. The minimum atomic E-state index is -0.678. The Morgan fingerprint density at radius 2 is 2.00 bits per heavy atom. The first-order valence-electron chi connectivity index (χ1n) is 8.17. The molecule has 3 rings (SSSR count). The van der Waals surface area contributed by atoms with Crippen LogP contribution in [-0.2, 0) is 10.3 Å². The van der Waals surface area contributed by atoms with Crippen LogP contribution in [-0.4, -0.2) is 25.0 Å². The van der Waals surface area contributed by atoms with E-state index in [-0.39, 0.29) is 11.9 Å². The second kappa shape index (κ2) is 6.02. The molecule has 0 spiro atoms. The van der Waals surface area contributed by atoms with Gasteiger partial charge in [-0.1, -0.05) is 0 Å². The number of pyridine rings is 1. The molecule has 0 amide bonds. The number of fused-ring (bicyclic) bond motifs is 1. The average Bonchev–Trinajstić information content (AvgIpc) is 2.77. The molecule has 0 radical (unpaired) electrons. The van der Waals surface area contributed by atoms with Crippen LogP contribution in [0.2, 0.25) is 0 Å². The maximum Gasteiger partial charge on any atom is 0.343 e. The fourth-order valence-corrected chi connectivity index (χ4v) is 3.18. The maximum absolute atomic E-state index is 13.8. The zero-order chi connectivity index (χ0) is 18.4. The van der Waals surface area contributed by atoms with Gasteiger partial charge in [0.25, 0.3) is 0 Å². The van der Waals surface area contributed by atoms with Crippen molar-refractivity contribution in [2.75, 3.05) is 24.3 Å². The summed E-state index contributed by atoms with van der Waals surface area (Å²) in [6.07, 6.45) is 1.65. The molecule has 1 N–H and O–H groups in total. The van der Waals surface area contributed by atoms with Crippen molar-refractivity contribution < 1.29 is 13.9 Å². The quantitative estimate of drug-likeness (QED) is 0.854. The Balaban J connectivity index is 1.99. The van der Waals surface area contributed by atoms with Gasteiger partial charge in [-0.25, -0.2) is 14.2 Å². The normalized spacial score (nSPS) is 16.2. The smallest absolute Gasteiger partial charge is 0.343 e. The van der Waals surface area contributed by atoms with Crippen LogP contribution in [0.5, 0.6) is 0 Å². The third kappa shape index (κ3) is 3.04. The number of nitrogens with zero attached hydrogens (tertiary/aromatic N) is 2. The summed E-state index contributed by atoms with van der Waals surface area (Å²) in [5.74, 6) is -0.245. The molecule has 1 aromatic heterocycles. The van der Waals surface area contributed by atoms with E-state index in [2.05, 4.69) is 10.3 Å². The fourth-order valence-electron chi connectivity index (χ4n) is 3.18. The van der Waals surface area contributed by atoms with E-state index in [0.29, 0.717) is 11.4 Å². The Morgan fingerprint density at radius 3 is 2.68 bits per heavy atom. The number of rotatable bonds is 4. The third-order valence-electron chi connectivity index (χ3n) is 4.44. The molecule has 132 valence electrons. The summed E-state index contributed by atoms with van der Waals surface area (Å²) in [7, 11) is 3.81. The molecule has 1 aromatic carbocycles. The summed E-state index contributed by atoms with van der Waals surface area (Å²) in [6, 6.07) is 6.22. The van der Waals surface area contributed by atoms with E-state index in [4.69, 9.17) is 4.74 Å². The van der Waals surface area contributed by atoms with E-state index in [1.54, 1.807) is 18.3 Å². The minimum Gasteiger partial charge on any atom is -0.451 e. The van der Waals surface area contributed by atoms with Crippen molar-refractivity contribution in [3.05, 3.63) is 53.0 Å². The number of carbonyl (C=O) groups excluding carboxylic acids is 1. The highest BCUT2D eigenvalue weighted by atomic mass is 19.1. The predicted molar refractivity (Wildman–Crippen MR) is 95.4 cm³/mol. The van der Waals surface area contributed by atoms with Gasteiger partial charge in [0, 0.05) is 37.1 Å². The topological polar surface area (TPSA) is 54.5 Å². The molecule has 1 atom stereocenters. The van der Waals surface area contributed by atoms with E-state index in [1.165, 1.54) is 12.1 Å². The number of carbonyl (C=O) groups is 1. The first-order chi connectivity index (χ1) is 11.7. The van der Waals surface area contributed by atoms with E-state index in [9.17, 15) is 9.18 Å². The molecular weight excluding hydrogens is 321 g/mol. The number of anilines is 2. The van der Waals surface area contributed by atoms with Crippen LogP contribution in [0.1, 0.15) is 48.3 Å². The standard InChI is InChI=1S/C19H22FN3O2/c1-11(13-10-12(20)6-7-15(13)23(4)5)22-17-16-14(8-9-21-17)19(2,3)25-18(16)24/h6-11H,1-5H3,(H,21,22). The molecule has 5 nitrogen and oxygen atoms in total. The van der Waals surface area contributed by atoms with Crippen molar-refractivity contribution in [2.45, 2.75) is 32.4 Å². The van der Waals surface area contributed by atoms with Gasteiger partial charge in [-0.3, -0.25) is 0 Å². The Bertz CT molecular complexity index is 833. The predicted octanol–water partition coefficient (Wildman–Crippen LogP) is 3.87. The lowest BCUT2D eigenvalue weighted by Crippen LogP contribution is -2.17. The van der Waals surface area contributed by atoms with Crippen molar-refractivity contribution in [1.82, 2.24) is 4.98 Å². The number of nitrogens with one attached hydrogen (secondary N) is 1. The Hall–Kier alpha value is -2.63. The van der Waals surface area contributed by atoms with Crippen LogP contribution >= 0.6 is 0 Å². The zero-order valence-electron chi connectivity index (χ0n) is 15.1. The highest BCUT2D eigenvalue weighted by molar-refractivity contribution is 5.99. The van der Waals surface area contributed by atoms with Gasteiger partial charge in [0.05, 0.1) is 6.04 Å². The van der Waals surface area contributed by atoms with Crippen molar-refractivity contribution in [3.63, 3.8) is 0 Å². The van der Waals surface area contributed by atoms with Gasteiger partial charge in [0.2, 0.25) is 0 Å². The van der Waals surface area contributed by atoms with Crippen LogP contribution in [0.25, 0.3) is 0 Å². The SMILES string of the molecule is CC(Nc1nccc2c1C(=O)OC2(C)C)c1cc(F)ccc1N(C)C. The monoisotopic (exact) mass is 343 g/mol. The summed E-state index contributed by atoms with van der Waals surface area (Å²) in [4.78, 5) is 18.5. The molecule has 0 saturated carbocycles. The third-order valence-corrected chi connectivity index (χ3v) is 4.44.